The summed E-state index contributed by atoms with van der Waals surface area (Å²) >= 11 is 0. The Hall–Kier alpha value is -3.12. The average molecular weight is 444 g/mol. The first-order valence-corrected chi connectivity index (χ1v) is 11.9. The van der Waals surface area contributed by atoms with Crippen LogP contribution >= 0.6 is 0 Å². The molecular weight excluding hydrogens is 410 g/mol. The number of pyridine rings is 1. The summed E-state index contributed by atoms with van der Waals surface area (Å²) in [6.45, 7) is 6.71. The summed E-state index contributed by atoms with van der Waals surface area (Å²) in [4.78, 5) is 27.8. The van der Waals surface area contributed by atoms with Gasteiger partial charge in [-0.3, -0.25) is 4.79 Å². The highest BCUT2D eigenvalue weighted by molar-refractivity contribution is 5.99. The zero-order valence-corrected chi connectivity index (χ0v) is 20.0. The maximum absolute atomic E-state index is 12.4. The fraction of sp³-hybridized carbons (Fsp3) is 0.407. The van der Waals surface area contributed by atoms with Crippen LogP contribution in [0.3, 0.4) is 0 Å². The molecule has 33 heavy (non-hydrogen) atoms. The first-order chi connectivity index (χ1) is 15.9. The SMILES string of the molecule is CC(C)c1c(-c2ccnc3[nH]ccc23)[nH]c2ccc(C3CCN(C(=O)CN(C)C)CC3)cc12. The fourth-order valence-corrected chi connectivity index (χ4v) is 5.31. The van der Waals surface area contributed by atoms with Crippen molar-refractivity contribution < 1.29 is 4.79 Å². The number of aromatic amines is 2. The minimum Gasteiger partial charge on any atom is -0.354 e. The number of hydrogen-bond acceptors (Lipinski definition) is 3. The molecule has 1 aromatic carbocycles. The number of piperidine rings is 1. The van der Waals surface area contributed by atoms with Crippen molar-refractivity contribution in [2.24, 2.45) is 0 Å². The molecule has 1 aliphatic heterocycles. The van der Waals surface area contributed by atoms with Crippen molar-refractivity contribution in [1.82, 2.24) is 24.8 Å². The van der Waals surface area contributed by atoms with Gasteiger partial charge in [0.05, 0.1) is 12.2 Å². The normalized spacial score (nSPS) is 15.4. The largest absolute Gasteiger partial charge is 0.354 e. The molecule has 0 atom stereocenters. The Labute approximate surface area is 195 Å². The van der Waals surface area contributed by atoms with E-state index in [0.717, 1.165) is 37.0 Å². The summed E-state index contributed by atoms with van der Waals surface area (Å²) in [5.74, 6) is 1.12. The third-order valence-corrected chi connectivity index (χ3v) is 6.94. The predicted octanol–water partition coefficient (Wildman–Crippen LogP) is 5.10. The molecule has 4 aromatic rings. The Balaban J connectivity index is 1.47. The lowest BCUT2D eigenvalue weighted by atomic mass is 9.87. The molecule has 4 heterocycles. The Morgan fingerprint density at radius 1 is 1.15 bits per heavy atom. The van der Waals surface area contributed by atoms with E-state index < -0.39 is 0 Å². The summed E-state index contributed by atoms with van der Waals surface area (Å²) < 4.78 is 0. The number of hydrogen-bond donors (Lipinski definition) is 2. The molecule has 1 aliphatic rings. The van der Waals surface area contributed by atoms with Crippen LogP contribution in [0.5, 0.6) is 0 Å². The molecule has 0 unspecified atom stereocenters. The molecule has 6 heteroatoms. The summed E-state index contributed by atoms with van der Waals surface area (Å²) in [6.07, 6.45) is 5.87. The molecule has 0 spiro atoms. The van der Waals surface area contributed by atoms with E-state index in [2.05, 4.69) is 59.1 Å². The van der Waals surface area contributed by atoms with Crippen LogP contribution in [0, 0.1) is 0 Å². The van der Waals surface area contributed by atoms with E-state index in [1.54, 1.807) is 0 Å². The minimum atomic E-state index is 0.236. The maximum Gasteiger partial charge on any atom is 0.236 e. The van der Waals surface area contributed by atoms with Crippen LogP contribution in [0.15, 0.2) is 42.7 Å². The third kappa shape index (κ3) is 4.04. The first kappa shape index (κ1) is 21.7. The molecule has 2 N–H and O–H groups in total. The Bertz CT molecular complexity index is 1290. The lowest BCUT2D eigenvalue weighted by molar-refractivity contribution is -0.132. The van der Waals surface area contributed by atoms with Crippen LogP contribution in [0.4, 0.5) is 0 Å². The van der Waals surface area contributed by atoms with Crippen LogP contribution < -0.4 is 0 Å². The number of benzene rings is 1. The number of nitrogens with one attached hydrogen (secondary N) is 2. The number of nitrogens with zero attached hydrogens (tertiary/aromatic N) is 3. The number of amides is 1. The number of aromatic nitrogens is 3. The minimum absolute atomic E-state index is 0.236. The standard InChI is InChI=1S/C27H33N5O/c1-17(2)25-22-15-19(18-9-13-32(14-10-18)24(33)16-31(3)4)5-6-23(22)30-26(25)20-7-11-28-27-21(20)8-12-29-27/h5-8,11-12,15,17-18,30H,9-10,13-14,16H2,1-4H3,(H,28,29). The Kier molecular flexibility index (Phi) is 5.71. The smallest absolute Gasteiger partial charge is 0.236 e. The van der Waals surface area contributed by atoms with Gasteiger partial charge in [-0.25, -0.2) is 4.98 Å². The molecule has 1 fully saturated rings. The van der Waals surface area contributed by atoms with Crippen molar-refractivity contribution in [2.45, 2.75) is 38.5 Å². The van der Waals surface area contributed by atoms with E-state index in [0.29, 0.717) is 18.4 Å². The van der Waals surface area contributed by atoms with Crippen molar-refractivity contribution in [3.63, 3.8) is 0 Å². The molecule has 1 saturated heterocycles. The number of carbonyl (C=O) groups excluding carboxylic acids is 1. The molecule has 3 aromatic heterocycles. The van der Waals surface area contributed by atoms with Crippen molar-refractivity contribution in [3.8, 4) is 11.3 Å². The molecule has 1 amide bonds. The molecule has 0 aliphatic carbocycles. The Morgan fingerprint density at radius 3 is 2.67 bits per heavy atom. The lowest BCUT2D eigenvalue weighted by Gasteiger charge is -2.33. The van der Waals surface area contributed by atoms with Gasteiger partial charge < -0.3 is 19.8 Å². The van der Waals surface area contributed by atoms with Crippen LogP contribution in [0.25, 0.3) is 33.2 Å². The van der Waals surface area contributed by atoms with Crippen molar-refractivity contribution in [2.75, 3.05) is 33.7 Å². The van der Waals surface area contributed by atoms with E-state index in [1.807, 2.05) is 36.3 Å². The molecular formula is C27H33N5O. The van der Waals surface area contributed by atoms with Crippen molar-refractivity contribution in [3.05, 3.63) is 53.9 Å². The summed E-state index contributed by atoms with van der Waals surface area (Å²) in [5, 5.41) is 2.45. The van der Waals surface area contributed by atoms with Gasteiger partial charge in [0.1, 0.15) is 5.65 Å². The van der Waals surface area contributed by atoms with Gasteiger partial charge >= 0.3 is 0 Å². The molecule has 0 bridgehead atoms. The van der Waals surface area contributed by atoms with Gasteiger partial charge in [0, 0.05) is 47.3 Å². The van der Waals surface area contributed by atoms with Crippen LogP contribution in [0.1, 0.15) is 49.7 Å². The van der Waals surface area contributed by atoms with E-state index in [4.69, 9.17) is 0 Å². The van der Waals surface area contributed by atoms with Crippen LogP contribution in [-0.4, -0.2) is 64.4 Å². The van der Waals surface area contributed by atoms with Gasteiger partial charge in [-0.15, -0.1) is 0 Å². The first-order valence-electron chi connectivity index (χ1n) is 11.9. The quantitative estimate of drug-likeness (QED) is 0.451. The van der Waals surface area contributed by atoms with E-state index in [9.17, 15) is 4.79 Å². The van der Waals surface area contributed by atoms with E-state index in [-0.39, 0.29) is 5.91 Å². The second kappa shape index (κ2) is 8.67. The summed E-state index contributed by atoms with van der Waals surface area (Å²) in [6, 6.07) is 11.1. The number of fused-ring (bicyclic) bond motifs is 2. The number of likely N-dealkylation sites (N-methyl/N-ethyl adjacent to an activating group) is 1. The van der Waals surface area contributed by atoms with Gasteiger partial charge in [-0.1, -0.05) is 19.9 Å². The van der Waals surface area contributed by atoms with Crippen molar-refractivity contribution in [1.29, 1.82) is 0 Å². The molecule has 6 nitrogen and oxygen atoms in total. The monoisotopic (exact) mass is 443 g/mol. The number of rotatable bonds is 5. The van der Waals surface area contributed by atoms with Gasteiger partial charge in [-0.2, -0.15) is 0 Å². The van der Waals surface area contributed by atoms with Gasteiger partial charge in [-0.05, 0) is 74.2 Å². The Morgan fingerprint density at radius 2 is 1.94 bits per heavy atom. The average Bonchev–Trinajstić information content (AvgIpc) is 3.42. The highest BCUT2D eigenvalue weighted by Crippen LogP contribution is 2.39. The molecule has 172 valence electrons. The topological polar surface area (TPSA) is 68.0 Å². The van der Waals surface area contributed by atoms with Crippen molar-refractivity contribution >= 4 is 27.8 Å². The molecule has 5 rings (SSSR count). The molecule has 0 radical (unpaired) electrons. The fourth-order valence-electron chi connectivity index (χ4n) is 5.31. The molecule has 0 saturated carbocycles. The third-order valence-electron chi connectivity index (χ3n) is 6.94. The van der Waals surface area contributed by atoms with Crippen LogP contribution in [-0.2, 0) is 4.79 Å². The van der Waals surface area contributed by atoms with Gasteiger partial charge in [0.25, 0.3) is 0 Å². The lowest BCUT2D eigenvalue weighted by Crippen LogP contribution is -2.42. The van der Waals surface area contributed by atoms with E-state index in [1.165, 1.54) is 33.3 Å². The maximum atomic E-state index is 12.4. The van der Waals surface area contributed by atoms with Crippen LogP contribution in [0.2, 0.25) is 0 Å². The second-order valence-corrected chi connectivity index (χ2v) is 9.86. The number of H-pyrrole nitrogens is 2. The predicted molar refractivity (Wildman–Crippen MR) is 135 cm³/mol. The zero-order chi connectivity index (χ0) is 23.1. The van der Waals surface area contributed by atoms with Gasteiger partial charge in [0.2, 0.25) is 5.91 Å². The highest BCUT2D eigenvalue weighted by Gasteiger charge is 2.25. The number of likely N-dealkylation sites (tertiary alicyclic amines) is 1. The zero-order valence-electron chi connectivity index (χ0n) is 20.0. The highest BCUT2D eigenvalue weighted by atomic mass is 16.2. The summed E-state index contributed by atoms with van der Waals surface area (Å²) in [7, 11) is 3.90. The second-order valence-electron chi connectivity index (χ2n) is 9.86. The number of carbonyl (C=O) groups is 1. The van der Waals surface area contributed by atoms with E-state index >= 15 is 0 Å². The van der Waals surface area contributed by atoms with Gasteiger partial charge in [0.15, 0.2) is 0 Å². The summed E-state index contributed by atoms with van der Waals surface area (Å²) in [5.41, 5.74) is 7.22.